The van der Waals surface area contributed by atoms with E-state index < -0.39 is 10.0 Å². The number of amides is 1. The first-order valence-electron chi connectivity index (χ1n) is 9.52. The van der Waals surface area contributed by atoms with Gasteiger partial charge in [0.1, 0.15) is 0 Å². The largest absolute Gasteiger partial charge is 0.352 e. The van der Waals surface area contributed by atoms with E-state index in [0.29, 0.717) is 17.8 Å². The predicted molar refractivity (Wildman–Crippen MR) is 115 cm³/mol. The highest BCUT2D eigenvalue weighted by Crippen LogP contribution is 2.25. The summed E-state index contributed by atoms with van der Waals surface area (Å²) in [6, 6.07) is 24.4. The van der Waals surface area contributed by atoms with E-state index in [1.807, 2.05) is 25.1 Å². The Balaban J connectivity index is 1.90. The third-order valence-electron chi connectivity index (χ3n) is 4.45. The number of hydrogen-bond acceptors (Lipinski definition) is 3. The fourth-order valence-electron chi connectivity index (χ4n) is 2.90. The van der Waals surface area contributed by atoms with Crippen LogP contribution in [-0.4, -0.2) is 20.9 Å². The Bertz CT molecular complexity index is 1030. The van der Waals surface area contributed by atoms with Gasteiger partial charge in [0.05, 0.1) is 17.1 Å². The van der Waals surface area contributed by atoms with Crippen molar-refractivity contribution in [3.63, 3.8) is 0 Å². The van der Waals surface area contributed by atoms with Crippen molar-refractivity contribution in [2.24, 2.45) is 0 Å². The number of benzene rings is 3. The zero-order chi connectivity index (χ0) is 20.7. The summed E-state index contributed by atoms with van der Waals surface area (Å²) in [6.07, 6.45) is 0.868. The van der Waals surface area contributed by atoms with E-state index in [2.05, 4.69) is 5.32 Å². The van der Waals surface area contributed by atoms with Crippen LogP contribution in [0.15, 0.2) is 89.8 Å². The summed E-state index contributed by atoms with van der Waals surface area (Å²) in [6.45, 7) is 2.78. The fraction of sp³-hybridized carbons (Fsp3) is 0.174. The zero-order valence-electron chi connectivity index (χ0n) is 16.3. The van der Waals surface area contributed by atoms with Crippen molar-refractivity contribution in [1.29, 1.82) is 0 Å². The van der Waals surface area contributed by atoms with Crippen LogP contribution in [0.1, 0.15) is 29.3 Å². The van der Waals surface area contributed by atoms with Gasteiger partial charge in [-0.05, 0) is 48.4 Å². The minimum absolute atomic E-state index is 0.129. The third-order valence-corrected chi connectivity index (χ3v) is 6.24. The topological polar surface area (TPSA) is 66.5 Å². The SMILES string of the molecule is CCCNC(=O)c1ccc(CN(c2ccccc2)S(=O)(=O)c2ccccc2)cc1. The van der Waals surface area contributed by atoms with Crippen LogP contribution < -0.4 is 9.62 Å². The number of rotatable bonds is 8. The molecular formula is C23H24N2O3S. The molecule has 0 radical (unpaired) electrons. The second kappa shape index (κ2) is 9.39. The molecule has 29 heavy (non-hydrogen) atoms. The van der Waals surface area contributed by atoms with Gasteiger partial charge in [0.15, 0.2) is 0 Å². The number of carbonyl (C=O) groups excluding carboxylic acids is 1. The first-order valence-corrected chi connectivity index (χ1v) is 11.0. The van der Waals surface area contributed by atoms with Crippen molar-refractivity contribution in [2.75, 3.05) is 10.8 Å². The highest BCUT2D eigenvalue weighted by molar-refractivity contribution is 7.92. The van der Waals surface area contributed by atoms with Gasteiger partial charge in [0, 0.05) is 12.1 Å². The zero-order valence-corrected chi connectivity index (χ0v) is 17.1. The van der Waals surface area contributed by atoms with Gasteiger partial charge in [-0.2, -0.15) is 0 Å². The van der Waals surface area contributed by atoms with Crippen LogP contribution in [-0.2, 0) is 16.6 Å². The summed E-state index contributed by atoms with van der Waals surface area (Å²) in [5, 5.41) is 2.84. The van der Waals surface area contributed by atoms with Crippen molar-refractivity contribution in [1.82, 2.24) is 5.32 Å². The molecule has 0 aliphatic carbocycles. The Labute approximate surface area is 172 Å². The molecule has 0 atom stereocenters. The summed E-state index contributed by atoms with van der Waals surface area (Å²) in [4.78, 5) is 12.3. The number of carbonyl (C=O) groups is 1. The monoisotopic (exact) mass is 408 g/mol. The number of nitrogens with zero attached hydrogens (tertiary/aromatic N) is 1. The Morgan fingerprint density at radius 3 is 2.03 bits per heavy atom. The average molecular weight is 409 g/mol. The van der Waals surface area contributed by atoms with E-state index >= 15 is 0 Å². The second-order valence-corrected chi connectivity index (χ2v) is 8.48. The van der Waals surface area contributed by atoms with E-state index in [4.69, 9.17) is 0 Å². The highest BCUT2D eigenvalue weighted by Gasteiger charge is 2.25. The van der Waals surface area contributed by atoms with Gasteiger partial charge in [-0.1, -0.05) is 55.5 Å². The molecule has 6 heteroatoms. The molecule has 0 spiro atoms. The predicted octanol–water partition coefficient (Wildman–Crippen LogP) is 4.22. The molecule has 0 aromatic heterocycles. The molecule has 0 saturated heterocycles. The lowest BCUT2D eigenvalue weighted by Gasteiger charge is -2.25. The number of sulfonamides is 1. The molecule has 150 valence electrons. The first kappa shape index (κ1) is 20.6. The fourth-order valence-corrected chi connectivity index (χ4v) is 4.37. The Morgan fingerprint density at radius 1 is 0.862 bits per heavy atom. The number of nitrogens with one attached hydrogen (secondary N) is 1. The standard InChI is InChI=1S/C23H24N2O3S/c1-2-17-24-23(26)20-15-13-19(14-16-20)18-25(21-9-5-3-6-10-21)29(27,28)22-11-7-4-8-12-22/h3-16H,2,17-18H2,1H3,(H,24,26). The molecule has 0 bridgehead atoms. The van der Waals surface area contributed by atoms with Gasteiger partial charge in [0.25, 0.3) is 15.9 Å². The van der Waals surface area contributed by atoms with E-state index in [1.165, 1.54) is 4.31 Å². The van der Waals surface area contributed by atoms with Crippen molar-refractivity contribution >= 4 is 21.6 Å². The maximum Gasteiger partial charge on any atom is 0.264 e. The molecule has 3 aromatic rings. The quantitative estimate of drug-likeness (QED) is 0.607. The molecular weight excluding hydrogens is 384 g/mol. The summed E-state index contributed by atoms with van der Waals surface area (Å²) in [5.74, 6) is -0.129. The second-order valence-electron chi connectivity index (χ2n) is 6.61. The molecule has 5 nitrogen and oxygen atoms in total. The Hall–Kier alpha value is -3.12. The number of anilines is 1. The van der Waals surface area contributed by atoms with Gasteiger partial charge in [-0.25, -0.2) is 8.42 Å². The molecule has 3 rings (SSSR count). The summed E-state index contributed by atoms with van der Waals surface area (Å²) >= 11 is 0. The van der Waals surface area contributed by atoms with E-state index in [9.17, 15) is 13.2 Å². The van der Waals surface area contributed by atoms with Gasteiger partial charge in [-0.15, -0.1) is 0 Å². The third kappa shape index (κ3) is 5.03. The van der Waals surface area contributed by atoms with Gasteiger partial charge in [-0.3, -0.25) is 9.10 Å². The molecule has 0 aliphatic rings. The van der Waals surface area contributed by atoms with Crippen LogP contribution in [0.25, 0.3) is 0 Å². The lowest BCUT2D eigenvalue weighted by Crippen LogP contribution is -2.30. The Kier molecular flexibility index (Phi) is 6.67. The molecule has 0 saturated carbocycles. The lowest BCUT2D eigenvalue weighted by molar-refractivity contribution is 0.0953. The summed E-state index contributed by atoms with van der Waals surface area (Å²) in [7, 11) is -3.74. The normalized spacial score (nSPS) is 11.1. The molecule has 0 unspecified atom stereocenters. The summed E-state index contributed by atoms with van der Waals surface area (Å²) < 4.78 is 28.0. The van der Waals surface area contributed by atoms with E-state index in [-0.39, 0.29) is 17.3 Å². The molecule has 1 amide bonds. The van der Waals surface area contributed by atoms with Crippen LogP contribution in [0.4, 0.5) is 5.69 Å². The van der Waals surface area contributed by atoms with Crippen LogP contribution in [0.5, 0.6) is 0 Å². The highest BCUT2D eigenvalue weighted by atomic mass is 32.2. The smallest absolute Gasteiger partial charge is 0.264 e. The van der Waals surface area contributed by atoms with E-state index in [1.54, 1.807) is 66.7 Å². The molecule has 0 heterocycles. The average Bonchev–Trinajstić information content (AvgIpc) is 2.77. The lowest BCUT2D eigenvalue weighted by atomic mass is 10.1. The number of hydrogen-bond donors (Lipinski definition) is 1. The first-order chi connectivity index (χ1) is 14.0. The van der Waals surface area contributed by atoms with Gasteiger partial charge >= 0.3 is 0 Å². The van der Waals surface area contributed by atoms with Crippen LogP contribution in [0.3, 0.4) is 0 Å². The molecule has 0 fully saturated rings. The molecule has 3 aromatic carbocycles. The maximum atomic E-state index is 13.3. The number of para-hydroxylation sites is 1. The molecule has 0 aliphatic heterocycles. The summed E-state index contributed by atoms with van der Waals surface area (Å²) in [5.41, 5.74) is 1.93. The van der Waals surface area contributed by atoms with Crippen LogP contribution in [0, 0.1) is 0 Å². The maximum absolute atomic E-state index is 13.3. The van der Waals surface area contributed by atoms with Crippen molar-refractivity contribution in [2.45, 2.75) is 24.8 Å². The van der Waals surface area contributed by atoms with Crippen molar-refractivity contribution in [3.05, 3.63) is 96.1 Å². The minimum atomic E-state index is -3.74. The van der Waals surface area contributed by atoms with Crippen LogP contribution >= 0.6 is 0 Å². The Morgan fingerprint density at radius 2 is 1.45 bits per heavy atom. The van der Waals surface area contributed by atoms with Crippen molar-refractivity contribution in [3.8, 4) is 0 Å². The minimum Gasteiger partial charge on any atom is -0.352 e. The van der Waals surface area contributed by atoms with Gasteiger partial charge < -0.3 is 5.32 Å². The molecule has 1 N–H and O–H groups in total. The van der Waals surface area contributed by atoms with Gasteiger partial charge in [0.2, 0.25) is 0 Å². The van der Waals surface area contributed by atoms with Crippen molar-refractivity contribution < 1.29 is 13.2 Å². The van der Waals surface area contributed by atoms with E-state index in [0.717, 1.165) is 12.0 Å². The van der Waals surface area contributed by atoms with Crippen LogP contribution in [0.2, 0.25) is 0 Å².